The number of rotatable bonds is 9. The molecule has 3 nitrogen and oxygen atoms in total. The smallest absolute Gasteiger partial charge is 0.101 e. The van der Waals surface area contributed by atoms with Gasteiger partial charge < -0.3 is 10.6 Å². The van der Waals surface area contributed by atoms with Crippen molar-refractivity contribution in [2.75, 3.05) is 13.1 Å². The summed E-state index contributed by atoms with van der Waals surface area (Å²) in [7, 11) is 0. The molecule has 3 heteroatoms. The average molecular weight is 253 g/mol. The molecule has 0 aromatic carbocycles. The second-order valence-electron chi connectivity index (χ2n) is 5.99. The fourth-order valence-electron chi connectivity index (χ4n) is 2.40. The quantitative estimate of drug-likeness (QED) is 0.686. The topological polar surface area (TPSA) is 53.0 Å². The van der Waals surface area contributed by atoms with E-state index in [0.717, 1.165) is 25.9 Å². The molecule has 1 atom stereocenters. The Morgan fingerprint density at radius 2 is 1.83 bits per heavy atom. The Bertz CT molecular complexity index is 249. The summed E-state index contributed by atoms with van der Waals surface area (Å²) in [5.74, 6) is 0.686. The van der Waals surface area contributed by atoms with Crippen LogP contribution in [0.15, 0.2) is 0 Å². The molecule has 0 spiro atoms. The molecule has 0 amide bonds. The fourth-order valence-corrected chi connectivity index (χ4v) is 2.40. The van der Waals surface area contributed by atoms with Crippen molar-refractivity contribution in [1.29, 1.82) is 5.26 Å². The molecule has 0 bridgehead atoms. The lowest BCUT2D eigenvalue weighted by Gasteiger charge is -2.32. The van der Waals surface area contributed by atoms with Crippen LogP contribution in [0.5, 0.6) is 0 Å². The van der Waals surface area contributed by atoms with Gasteiger partial charge in [-0.25, -0.2) is 0 Å². The lowest BCUT2D eigenvalue weighted by molar-refractivity contribution is 0.160. The van der Waals surface area contributed by atoms with Gasteiger partial charge in [0.2, 0.25) is 0 Å². The van der Waals surface area contributed by atoms with Crippen LogP contribution in [0.1, 0.15) is 60.3 Å². The van der Waals surface area contributed by atoms with Crippen LogP contribution in [0.3, 0.4) is 0 Å². The van der Waals surface area contributed by atoms with Crippen molar-refractivity contribution in [1.82, 2.24) is 4.90 Å². The van der Waals surface area contributed by atoms with E-state index in [1.165, 1.54) is 12.8 Å². The summed E-state index contributed by atoms with van der Waals surface area (Å²) >= 11 is 0. The van der Waals surface area contributed by atoms with E-state index in [1.807, 2.05) is 6.92 Å². The van der Waals surface area contributed by atoms with Crippen LogP contribution in [0, 0.1) is 17.2 Å². The van der Waals surface area contributed by atoms with E-state index in [1.54, 1.807) is 0 Å². The van der Waals surface area contributed by atoms with Gasteiger partial charge in [0.1, 0.15) is 5.54 Å². The maximum Gasteiger partial charge on any atom is 0.101 e. The standard InChI is InChI=1S/C15H31N3/c1-6-14(7-2)18(11-13(3)4)10-8-9-15(5,17)12-16/h13-14H,6-11,17H2,1-5H3. The lowest BCUT2D eigenvalue weighted by Crippen LogP contribution is -2.40. The summed E-state index contributed by atoms with van der Waals surface area (Å²) in [5, 5.41) is 8.92. The van der Waals surface area contributed by atoms with Crippen molar-refractivity contribution in [3.05, 3.63) is 0 Å². The first-order valence-corrected chi connectivity index (χ1v) is 7.30. The van der Waals surface area contributed by atoms with Gasteiger partial charge in [0.15, 0.2) is 0 Å². The van der Waals surface area contributed by atoms with Gasteiger partial charge in [-0.3, -0.25) is 0 Å². The van der Waals surface area contributed by atoms with Crippen molar-refractivity contribution >= 4 is 0 Å². The van der Waals surface area contributed by atoms with Gasteiger partial charge in [-0.2, -0.15) is 5.26 Å². The number of nitrogens with two attached hydrogens (primary N) is 1. The molecule has 0 aliphatic rings. The molecule has 0 radical (unpaired) electrons. The maximum atomic E-state index is 8.92. The van der Waals surface area contributed by atoms with Crippen molar-refractivity contribution in [2.24, 2.45) is 11.7 Å². The summed E-state index contributed by atoms with van der Waals surface area (Å²) < 4.78 is 0. The predicted molar refractivity (Wildman–Crippen MR) is 78.2 cm³/mol. The molecule has 0 saturated heterocycles. The Balaban J connectivity index is 4.29. The molecule has 0 saturated carbocycles. The van der Waals surface area contributed by atoms with E-state index in [-0.39, 0.29) is 0 Å². The van der Waals surface area contributed by atoms with Crippen LogP contribution < -0.4 is 5.73 Å². The Labute approximate surface area is 113 Å². The first-order chi connectivity index (χ1) is 8.36. The first-order valence-electron chi connectivity index (χ1n) is 7.30. The minimum atomic E-state index is -0.669. The van der Waals surface area contributed by atoms with Crippen molar-refractivity contribution in [3.8, 4) is 6.07 Å². The zero-order chi connectivity index (χ0) is 14.2. The average Bonchev–Trinajstić information content (AvgIpc) is 2.29. The molecule has 0 aliphatic carbocycles. The van der Waals surface area contributed by atoms with Crippen LogP contribution >= 0.6 is 0 Å². The normalized spacial score (nSPS) is 15.1. The molecular weight excluding hydrogens is 222 g/mol. The van der Waals surface area contributed by atoms with E-state index in [2.05, 4.69) is 38.7 Å². The lowest BCUT2D eigenvalue weighted by atomic mass is 9.98. The number of hydrogen-bond acceptors (Lipinski definition) is 3. The molecule has 1 unspecified atom stereocenters. The molecule has 0 aromatic rings. The van der Waals surface area contributed by atoms with Crippen molar-refractivity contribution in [3.63, 3.8) is 0 Å². The molecule has 2 N–H and O–H groups in total. The maximum absolute atomic E-state index is 8.92. The van der Waals surface area contributed by atoms with Gasteiger partial charge >= 0.3 is 0 Å². The Morgan fingerprint density at radius 1 is 1.28 bits per heavy atom. The summed E-state index contributed by atoms with van der Waals surface area (Å²) in [6, 6.07) is 2.84. The molecular formula is C15H31N3. The monoisotopic (exact) mass is 253 g/mol. The molecule has 18 heavy (non-hydrogen) atoms. The van der Waals surface area contributed by atoms with Crippen molar-refractivity contribution in [2.45, 2.75) is 71.9 Å². The number of nitrogens with zero attached hydrogens (tertiary/aromatic N) is 2. The third-order valence-electron chi connectivity index (χ3n) is 3.46. The van der Waals surface area contributed by atoms with Crippen LogP contribution in [0.4, 0.5) is 0 Å². The van der Waals surface area contributed by atoms with Gasteiger partial charge in [-0.05, 0) is 45.1 Å². The largest absolute Gasteiger partial charge is 0.314 e. The predicted octanol–water partition coefficient (Wildman–Crippen LogP) is 3.15. The minimum absolute atomic E-state index is 0.665. The minimum Gasteiger partial charge on any atom is -0.314 e. The zero-order valence-corrected chi connectivity index (χ0v) is 12.9. The van der Waals surface area contributed by atoms with E-state index < -0.39 is 5.54 Å². The summed E-state index contributed by atoms with van der Waals surface area (Å²) in [4.78, 5) is 2.57. The summed E-state index contributed by atoms with van der Waals surface area (Å²) in [6.07, 6.45) is 4.17. The van der Waals surface area contributed by atoms with Gasteiger partial charge in [0.25, 0.3) is 0 Å². The van der Waals surface area contributed by atoms with Crippen LogP contribution in [0.25, 0.3) is 0 Å². The third-order valence-corrected chi connectivity index (χ3v) is 3.46. The number of hydrogen-bond donors (Lipinski definition) is 1. The Morgan fingerprint density at radius 3 is 2.22 bits per heavy atom. The van der Waals surface area contributed by atoms with Crippen LogP contribution in [-0.4, -0.2) is 29.6 Å². The second-order valence-corrected chi connectivity index (χ2v) is 5.99. The summed E-state index contributed by atoms with van der Waals surface area (Å²) in [5.41, 5.74) is 5.20. The van der Waals surface area contributed by atoms with Gasteiger partial charge in [-0.1, -0.05) is 27.7 Å². The van der Waals surface area contributed by atoms with E-state index in [0.29, 0.717) is 12.0 Å². The van der Waals surface area contributed by atoms with E-state index in [4.69, 9.17) is 11.0 Å². The highest BCUT2D eigenvalue weighted by Crippen LogP contribution is 2.14. The highest BCUT2D eigenvalue weighted by molar-refractivity contribution is 5.00. The molecule has 0 aliphatic heterocycles. The van der Waals surface area contributed by atoms with E-state index >= 15 is 0 Å². The van der Waals surface area contributed by atoms with Gasteiger partial charge in [-0.15, -0.1) is 0 Å². The second kappa shape index (κ2) is 8.50. The summed E-state index contributed by atoms with van der Waals surface area (Å²) in [6.45, 7) is 13.0. The Kier molecular flexibility index (Phi) is 8.22. The van der Waals surface area contributed by atoms with Gasteiger partial charge in [0, 0.05) is 12.6 Å². The van der Waals surface area contributed by atoms with E-state index in [9.17, 15) is 0 Å². The highest BCUT2D eigenvalue weighted by atomic mass is 15.1. The fraction of sp³-hybridized carbons (Fsp3) is 0.933. The van der Waals surface area contributed by atoms with Crippen LogP contribution in [-0.2, 0) is 0 Å². The molecule has 0 heterocycles. The van der Waals surface area contributed by atoms with Crippen molar-refractivity contribution < 1.29 is 0 Å². The highest BCUT2D eigenvalue weighted by Gasteiger charge is 2.20. The first kappa shape index (κ1) is 17.4. The molecule has 0 fully saturated rings. The Hall–Kier alpha value is -0.590. The molecule has 106 valence electrons. The molecule has 0 rings (SSSR count). The third kappa shape index (κ3) is 6.98. The van der Waals surface area contributed by atoms with Crippen LogP contribution in [0.2, 0.25) is 0 Å². The SMILES string of the molecule is CCC(CC)N(CCCC(C)(N)C#N)CC(C)C. The van der Waals surface area contributed by atoms with Gasteiger partial charge in [0.05, 0.1) is 6.07 Å². The zero-order valence-electron chi connectivity index (χ0n) is 12.9. The number of nitriles is 1. The molecule has 0 aromatic heterocycles.